The summed E-state index contributed by atoms with van der Waals surface area (Å²) in [5.41, 5.74) is 5.67. The molecule has 6 heteroatoms. The second kappa shape index (κ2) is 6.08. The van der Waals surface area contributed by atoms with Crippen molar-refractivity contribution in [3.63, 3.8) is 0 Å². The van der Waals surface area contributed by atoms with E-state index in [1.807, 2.05) is 0 Å². The average molecular weight is 247 g/mol. The number of hydrogen-bond donors (Lipinski definition) is 2. The molecule has 0 aromatic rings. The minimum atomic E-state index is -2.93. The molecular formula is C10H21N3O2S. The minimum Gasteiger partial charge on any atom is -0.370 e. The fourth-order valence-electron chi connectivity index (χ4n) is 1.77. The summed E-state index contributed by atoms with van der Waals surface area (Å²) in [7, 11) is -2.93. The van der Waals surface area contributed by atoms with Crippen molar-refractivity contribution in [2.75, 3.05) is 18.1 Å². The van der Waals surface area contributed by atoms with Crippen LogP contribution in [0.5, 0.6) is 0 Å². The Morgan fingerprint density at radius 2 is 2.06 bits per heavy atom. The first kappa shape index (κ1) is 13.3. The Kier molecular flexibility index (Phi) is 5.05. The maximum Gasteiger partial charge on any atom is 0.188 e. The first-order chi connectivity index (χ1) is 7.53. The van der Waals surface area contributed by atoms with Gasteiger partial charge in [0.2, 0.25) is 0 Å². The van der Waals surface area contributed by atoms with Crippen LogP contribution < -0.4 is 11.1 Å². The van der Waals surface area contributed by atoms with E-state index in [2.05, 4.69) is 10.3 Å². The number of nitrogens with two attached hydrogens (primary N) is 1. The normalized spacial score (nSPS) is 18.9. The molecule has 16 heavy (non-hydrogen) atoms. The van der Waals surface area contributed by atoms with Gasteiger partial charge in [-0.1, -0.05) is 19.8 Å². The Bertz CT molecular complexity index is 332. The largest absolute Gasteiger partial charge is 0.370 e. The van der Waals surface area contributed by atoms with Crippen LogP contribution in [0, 0.1) is 0 Å². The molecule has 0 atom stereocenters. The Labute approximate surface area is 97.4 Å². The van der Waals surface area contributed by atoms with E-state index in [4.69, 9.17) is 5.73 Å². The highest BCUT2D eigenvalue weighted by Gasteiger charge is 2.14. The van der Waals surface area contributed by atoms with Gasteiger partial charge in [0, 0.05) is 11.8 Å². The molecule has 0 unspecified atom stereocenters. The highest BCUT2D eigenvalue weighted by molar-refractivity contribution is 7.91. The summed E-state index contributed by atoms with van der Waals surface area (Å²) in [6, 6.07) is 0.423. The summed E-state index contributed by atoms with van der Waals surface area (Å²) in [4.78, 5) is 4.02. The quantitative estimate of drug-likeness (QED) is 0.539. The van der Waals surface area contributed by atoms with Crippen molar-refractivity contribution in [1.82, 2.24) is 5.32 Å². The molecule has 5 nitrogen and oxygen atoms in total. The van der Waals surface area contributed by atoms with E-state index in [1.54, 1.807) is 6.92 Å². The lowest BCUT2D eigenvalue weighted by Crippen LogP contribution is -2.38. The van der Waals surface area contributed by atoms with Crippen molar-refractivity contribution in [3.8, 4) is 0 Å². The van der Waals surface area contributed by atoms with Crippen molar-refractivity contribution in [3.05, 3.63) is 0 Å². The van der Waals surface area contributed by atoms with E-state index in [9.17, 15) is 8.42 Å². The third kappa shape index (κ3) is 4.83. The Hall–Kier alpha value is -0.780. The molecule has 0 radical (unpaired) electrons. The molecule has 0 heterocycles. The van der Waals surface area contributed by atoms with Gasteiger partial charge in [-0.2, -0.15) is 0 Å². The van der Waals surface area contributed by atoms with Crippen molar-refractivity contribution in [2.24, 2.45) is 10.7 Å². The lowest BCUT2D eigenvalue weighted by molar-refractivity contribution is 0.596. The van der Waals surface area contributed by atoms with Crippen molar-refractivity contribution < 1.29 is 8.42 Å². The van der Waals surface area contributed by atoms with Gasteiger partial charge in [-0.25, -0.2) is 8.42 Å². The van der Waals surface area contributed by atoms with Gasteiger partial charge in [-0.3, -0.25) is 4.99 Å². The Balaban J connectivity index is 2.28. The van der Waals surface area contributed by atoms with Crippen LogP contribution in [0.3, 0.4) is 0 Å². The van der Waals surface area contributed by atoms with Crippen LogP contribution >= 0.6 is 0 Å². The summed E-state index contributed by atoms with van der Waals surface area (Å²) >= 11 is 0. The smallest absolute Gasteiger partial charge is 0.188 e. The molecule has 0 bridgehead atoms. The summed E-state index contributed by atoms with van der Waals surface area (Å²) in [5.74, 6) is 0.618. The fourth-order valence-corrected chi connectivity index (χ4v) is 2.43. The van der Waals surface area contributed by atoms with Gasteiger partial charge in [0.15, 0.2) is 15.8 Å². The van der Waals surface area contributed by atoms with Gasteiger partial charge in [-0.05, 0) is 12.8 Å². The second-order valence-corrected chi connectivity index (χ2v) is 6.60. The zero-order valence-corrected chi connectivity index (χ0v) is 10.6. The monoisotopic (exact) mass is 247 g/mol. The topological polar surface area (TPSA) is 84.5 Å². The predicted molar refractivity (Wildman–Crippen MR) is 66.2 cm³/mol. The molecule has 1 aliphatic carbocycles. The van der Waals surface area contributed by atoms with Crippen molar-refractivity contribution in [1.29, 1.82) is 0 Å². The first-order valence-electron chi connectivity index (χ1n) is 5.80. The van der Waals surface area contributed by atoms with Crippen LogP contribution in [0.25, 0.3) is 0 Å². The van der Waals surface area contributed by atoms with E-state index in [0.29, 0.717) is 12.0 Å². The van der Waals surface area contributed by atoms with Gasteiger partial charge in [0.25, 0.3) is 0 Å². The number of guanidine groups is 1. The molecular weight excluding hydrogens is 226 g/mol. The van der Waals surface area contributed by atoms with Gasteiger partial charge >= 0.3 is 0 Å². The highest BCUT2D eigenvalue weighted by Crippen LogP contribution is 2.17. The Morgan fingerprint density at radius 3 is 2.62 bits per heavy atom. The third-order valence-corrected chi connectivity index (χ3v) is 4.52. The predicted octanol–water partition coefficient (Wildman–Crippen LogP) is 0.268. The molecule has 0 aromatic heterocycles. The lowest BCUT2D eigenvalue weighted by atomic mass is 10.3. The number of rotatable bonds is 5. The van der Waals surface area contributed by atoms with E-state index in [0.717, 1.165) is 12.8 Å². The molecule has 0 spiro atoms. The molecule has 3 N–H and O–H groups in total. The molecule has 1 rings (SSSR count). The van der Waals surface area contributed by atoms with Gasteiger partial charge in [0.05, 0.1) is 12.3 Å². The zero-order valence-electron chi connectivity index (χ0n) is 9.78. The summed E-state index contributed by atoms with van der Waals surface area (Å²) in [6.07, 6.45) is 4.72. The number of sulfone groups is 1. The molecule has 0 aliphatic heterocycles. The fraction of sp³-hybridized carbons (Fsp3) is 0.900. The number of nitrogens with zero attached hydrogens (tertiary/aromatic N) is 1. The van der Waals surface area contributed by atoms with Crippen LogP contribution in [0.2, 0.25) is 0 Å². The van der Waals surface area contributed by atoms with E-state index in [-0.39, 0.29) is 18.1 Å². The number of aliphatic imine (C=N–C) groups is 1. The van der Waals surface area contributed by atoms with Gasteiger partial charge in [0.1, 0.15) is 0 Å². The summed E-state index contributed by atoms with van der Waals surface area (Å²) < 4.78 is 22.4. The molecule has 1 aliphatic rings. The SMILES string of the molecule is CCS(=O)(=O)CCN=C(N)NC1CCCC1. The third-order valence-electron chi connectivity index (χ3n) is 2.83. The highest BCUT2D eigenvalue weighted by atomic mass is 32.2. The van der Waals surface area contributed by atoms with Crippen LogP contribution in [-0.4, -0.2) is 38.5 Å². The van der Waals surface area contributed by atoms with Crippen LogP contribution in [0.4, 0.5) is 0 Å². The molecule has 94 valence electrons. The Morgan fingerprint density at radius 1 is 1.44 bits per heavy atom. The maximum atomic E-state index is 11.2. The standard InChI is InChI=1S/C10H21N3O2S/c1-2-16(14,15)8-7-12-10(11)13-9-5-3-4-6-9/h9H,2-8H2,1H3,(H3,11,12,13). The molecule has 1 saturated carbocycles. The maximum absolute atomic E-state index is 11.2. The van der Waals surface area contributed by atoms with E-state index >= 15 is 0 Å². The number of hydrogen-bond acceptors (Lipinski definition) is 3. The molecule has 0 aromatic carbocycles. The van der Waals surface area contributed by atoms with E-state index < -0.39 is 9.84 Å². The first-order valence-corrected chi connectivity index (χ1v) is 7.62. The lowest BCUT2D eigenvalue weighted by Gasteiger charge is -2.12. The number of nitrogens with one attached hydrogen (secondary N) is 1. The van der Waals surface area contributed by atoms with Crippen molar-refractivity contribution >= 4 is 15.8 Å². The molecule has 1 fully saturated rings. The van der Waals surface area contributed by atoms with Crippen molar-refractivity contribution in [2.45, 2.75) is 38.6 Å². The van der Waals surface area contributed by atoms with Crippen LogP contribution in [-0.2, 0) is 9.84 Å². The summed E-state index contributed by atoms with van der Waals surface area (Å²) in [6.45, 7) is 1.89. The van der Waals surface area contributed by atoms with E-state index in [1.165, 1.54) is 12.8 Å². The van der Waals surface area contributed by atoms with Gasteiger partial charge in [-0.15, -0.1) is 0 Å². The average Bonchev–Trinajstić information content (AvgIpc) is 2.70. The molecule has 0 saturated heterocycles. The molecule has 0 amide bonds. The van der Waals surface area contributed by atoms with Crippen LogP contribution in [0.15, 0.2) is 4.99 Å². The zero-order chi connectivity index (χ0) is 12.0. The second-order valence-electron chi connectivity index (χ2n) is 4.13. The summed E-state index contributed by atoms with van der Waals surface area (Å²) in [5, 5.41) is 3.12. The van der Waals surface area contributed by atoms with Crippen LogP contribution in [0.1, 0.15) is 32.6 Å². The minimum absolute atomic E-state index is 0.0799. The van der Waals surface area contributed by atoms with Gasteiger partial charge < -0.3 is 11.1 Å².